The number of fused-ring (bicyclic) bond motifs is 1. The maximum absolute atomic E-state index is 11.8. The van der Waals surface area contributed by atoms with Crippen LogP contribution in [0.3, 0.4) is 0 Å². The van der Waals surface area contributed by atoms with Gasteiger partial charge in [-0.3, -0.25) is 4.79 Å². The number of carbonyl (C=O) groups is 1. The van der Waals surface area contributed by atoms with Gasteiger partial charge in [-0.25, -0.2) is 4.98 Å². The van der Waals surface area contributed by atoms with Gasteiger partial charge < -0.3 is 15.5 Å². The van der Waals surface area contributed by atoms with Crippen molar-refractivity contribution < 1.29 is 9.21 Å². The zero-order chi connectivity index (χ0) is 15.7. The summed E-state index contributed by atoms with van der Waals surface area (Å²) in [5.74, 6) is 0.100. The molecule has 0 fully saturated rings. The topological polar surface area (TPSA) is 81.2 Å². The van der Waals surface area contributed by atoms with Crippen LogP contribution < -0.4 is 11.1 Å². The molecule has 0 aliphatic carbocycles. The molecule has 0 spiro atoms. The molecule has 0 unspecified atom stereocenters. The van der Waals surface area contributed by atoms with Gasteiger partial charge in [-0.1, -0.05) is 23.7 Å². The minimum atomic E-state index is -0.618. The van der Waals surface area contributed by atoms with E-state index < -0.39 is 6.04 Å². The van der Waals surface area contributed by atoms with Gasteiger partial charge in [0, 0.05) is 5.02 Å². The summed E-state index contributed by atoms with van der Waals surface area (Å²) < 4.78 is 5.74. The Morgan fingerprint density at radius 1 is 1.32 bits per heavy atom. The van der Waals surface area contributed by atoms with Gasteiger partial charge in [0.1, 0.15) is 5.52 Å². The van der Waals surface area contributed by atoms with Crippen molar-refractivity contribution in [1.82, 2.24) is 4.98 Å². The fraction of sp³-hybridized carbons (Fsp3) is 0.125. The van der Waals surface area contributed by atoms with Gasteiger partial charge in [0.2, 0.25) is 11.8 Å². The highest BCUT2D eigenvalue weighted by atomic mass is 35.5. The lowest BCUT2D eigenvalue weighted by atomic mass is 10.1. The van der Waals surface area contributed by atoms with Gasteiger partial charge >= 0.3 is 0 Å². The van der Waals surface area contributed by atoms with E-state index >= 15 is 0 Å². The summed E-state index contributed by atoms with van der Waals surface area (Å²) in [7, 11) is 0. The molecule has 6 heteroatoms. The summed E-state index contributed by atoms with van der Waals surface area (Å²) in [4.78, 5) is 16.3. The van der Waals surface area contributed by atoms with Crippen molar-refractivity contribution in [3.63, 3.8) is 0 Å². The number of oxazole rings is 1. The Morgan fingerprint density at radius 2 is 2.09 bits per heavy atom. The molecule has 1 heterocycles. The van der Waals surface area contributed by atoms with Crippen molar-refractivity contribution in [3.8, 4) is 11.5 Å². The largest absolute Gasteiger partial charge is 0.436 e. The van der Waals surface area contributed by atoms with Crippen LogP contribution in [0, 0.1) is 0 Å². The van der Waals surface area contributed by atoms with E-state index in [-0.39, 0.29) is 5.91 Å². The number of amides is 1. The molecule has 2 aromatic carbocycles. The van der Waals surface area contributed by atoms with E-state index in [1.807, 2.05) is 24.3 Å². The van der Waals surface area contributed by atoms with Crippen LogP contribution in [0.4, 0.5) is 5.69 Å². The van der Waals surface area contributed by atoms with Crippen molar-refractivity contribution in [3.05, 3.63) is 47.5 Å². The number of anilines is 1. The standard InChI is InChI=1S/C16H14ClN3O2/c1-9(18)15(21)19-12-7-6-10(17)8-11(12)16-20-13-4-2-3-5-14(13)22-16/h2-9H,18H2,1H3,(H,19,21)/t9-/m0/s1. The van der Waals surface area contributed by atoms with Crippen molar-refractivity contribution in [1.29, 1.82) is 0 Å². The van der Waals surface area contributed by atoms with Gasteiger partial charge in [-0.05, 0) is 37.3 Å². The van der Waals surface area contributed by atoms with E-state index in [0.29, 0.717) is 27.7 Å². The molecule has 0 saturated heterocycles. The number of nitrogens with zero attached hydrogens (tertiary/aromatic N) is 1. The summed E-state index contributed by atoms with van der Waals surface area (Å²) in [5.41, 5.74) is 8.16. The first kappa shape index (κ1) is 14.6. The number of carbonyl (C=O) groups excluding carboxylic acids is 1. The predicted molar refractivity (Wildman–Crippen MR) is 86.7 cm³/mol. The summed E-state index contributed by atoms with van der Waals surface area (Å²) in [6.45, 7) is 1.62. The monoisotopic (exact) mass is 315 g/mol. The Labute approximate surface area is 132 Å². The normalized spacial score (nSPS) is 12.3. The fourth-order valence-corrected chi connectivity index (χ4v) is 2.21. The predicted octanol–water partition coefficient (Wildman–Crippen LogP) is 3.43. The van der Waals surface area contributed by atoms with Crippen molar-refractivity contribution in [2.75, 3.05) is 5.32 Å². The first-order valence-corrected chi connectivity index (χ1v) is 7.14. The summed E-state index contributed by atoms with van der Waals surface area (Å²) in [5, 5.41) is 3.28. The van der Waals surface area contributed by atoms with Gasteiger partial charge in [-0.2, -0.15) is 0 Å². The summed E-state index contributed by atoms with van der Waals surface area (Å²) in [6.07, 6.45) is 0. The molecule has 3 aromatic rings. The molecular formula is C16H14ClN3O2. The molecule has 0 aliphatic heterocycles. The number of nitrogens with two attached hydrogens (primary N) is 1. The molecule has 1 atom stereocenters. The Kier molecular flexibility index (Phi) is 3.83. The van der Waals surface area contributed by atoms with E-state index in [9.17, 15) is 4.79 Å². The van der Waals surface area contributed by atoms with Gasteiger partial charge in [-0.15, -0.1) is 0 Å². The van der Waals surface area contributed by atoms with Gasteiger partial charge in [0.05, 0.1) is 17.3 Å². The first-order chi connectivity index (χ1) is 10.5. The SMILES string of the molecule is C[C@H](N)C(=O)Nc1ccc(Cl)cc1-c1nc2ccccc2o1. The second-order valence-electron chi connectivity index (χ2n) is 4.95. The molecule has 3 N–H and O–H groups in total. The molecule has 0 aliphatic rings. The van der Waals surface area contributed by atoms with Gasteiger partial charge in [0.25, 0.3) is 0 Å². The lowest BCUT2D eigenvalue weighted by molar-refractivity contribution is -0.117. The molecular weight excluding hydrogens is 302 g/mol. The third kappa shape index (κ3) is 2.81. The number of rotatable bonds is 3. The van der Waals surface area contributed by atoms with Crippen molar-refractivity contribution >= 4 is 34.3 Å². The van der Waals surface area contributed by atoms with Gasteiger partial charge in [0.15, 0.2) is 5.58 Å². The molecule has 0 saturated carbocycles. The van der Waals surface area contributed by atoms with Crippen LogP contribution in [0.15, 0.2) is 46.9 Å². The van der Waals surface area contributed by atoms with E-state index in [2.05, 4.69) is 10.3 Å². The number of aromatic nitrogens is 1. The first-order valence-electron chi connectivity index (χ1n) is 6.76. The summed E-state index contributed by atoms with van der Waals surface area (Å²) >= 11 is 6.06. The minimum absolute atomic E-state index is 0.292. The van der Waals surface area contributed by atoms with Crippen LogP contribution in [0.25, 0.3) is 22.6 Å². The highest BCUT2D eigenvalue weighted by Gasteiger charge is 2.16. The second kappa shape index (κ2) is 5.79. The maximum Gasteiger partial charge on any atom is 0.241 e. The van der Waals surface area contributed by atoms with Crippen molar-refractivity contribution in [2.45, 2.75) is 13.0 Å². The molecule has 0 bridgehead atoms. The fourth-order valence-electron chi connectivity index (χ4n) is 2.04. The quantitative estimate of drug-likeness (QED) is 0.775. The van der Waals surface area contributed by atoms with Crippen LogP contribution in [-0.4, -0.2) is 16.9 Å². The molecule has 22 heavy (non-hydrogen) atoms. The smallest absolute Gasteiger partial charge is 0.241 e. The second-order valence-corrected chi connectivity index (χ2v) is 5.39. The number of halogens is 1. The van der Waals surface area contributed by atoms with E-state index in [4.69, 9.17) is 21.8 Å². The third-order valence-electron chi connectivity index (χ3n) is 3.18. The Hall–Kier alpha value is -2.37. The number of hydrogen-bond acceptors (Lipinski definition) is 4. The average Bonchev–Trinajstić information content (AvgIpc) is 2.92. The zero-order valence-electron chi connectivity index (χ0n) is 11.8. The number of nitrogens with one attached hydrogen (secondary N) is 1. The van der Waals surface area contributed by atoms with E-state index in [1.54, 1.807) is 25.1 Å². The van der Waals surface area contributed by atoms with E-state index in [0.717, 1.165) is 5.52 Å². The Bertz CT molecular complexity index is 809. The minimum Gasteiger partial charge on any atom is -0.436 e. The van der Waals surface area contributed by atoms with E-state index in [1.165, 1.54) is 0 Å². The lowest BCUT2D eigenvalue weighted by Crippen LogP contribution is -2.32. The Balaban J connectivity index is 2.08. The average molecular weight is 316 g/mol. The van der Waals surface area contributed by atoms with Crippen molar-refractivity contribution in [2.24, 2.45) is 5.73 Å². The maximum atomic E-state index is 11.8. The summed E-state index contributed by atoms with van der Waals surface area (Å²) in [6, 6.07) is 11.9. The van der Waals surface area contributed by atoms with Crippen LogP contribution >= 0.6 is 11.6 Å². The molecule has 1 amide bonds. The number of hydrogen-bond donors (Lipinski definition) is 2. The van der Waals surface area contributed by atoms with Crippen LogP contribution in [0.2, 0.25) is 5.02 Å². The molecule has 0 radical (unpaired) electrons. The Morgan fingerprint density at radius 3 is 2.82 bits per heavy atom. The lowest BCUT2D eigenvalue weighted by Gasteiger charge is -2.11. The van der Waals surface area contributed by atoms with Crippen LogP contribution in [0.5, 0.6) is 0 Å². The molecule has 3 rings (SSSR count). The van der Waals surface area contributed by atoms with Crippen LogP contribution in [-0.2, 0) is 4.79 Å². The zero-order valence-corrected chi connectivity index (χ0v) is 12.6. The highest BCUT2D eigenvalue weighted by Crippen LogP contribution is 2.32. The molecule has 1 aromatic heterocycles. The molecule has 112 valence electrons. The van der Waals surface area contributed by atoms with Crippen LogP contribution in [0.1, 0.15) is 6.92 Å². The molecule has 5 nitrogen and oxygen atoms in total. The number of benzene rings is 2. The highest BCUT2D eigenvalue weighted by molar-refractivity contribution is 6.31. The third-order valence-corrected chi connectivity index (χ3v) is 3.41. The number of para-hydroxylation sites is 2.